The highest BCUT2D eigenvalue weighted by Gasteiger charge is 2.35. The van der Waals surface area contributed by atoms with Gasteiger partial charge < -0.3 is 4.90 Å². The van der Waals surface area contributed by atoms with Crippen LogP contribution in [0.2, 0.25) is 0 Å². The van der Waals surface area contributed by atoms with Crippen LogP contribution >= 0.6 is 11.8 Å². The van der Waals surface area contributed by atoms with Gasteiger partial charge in [-0.05, 0) is 37.8 Å². The van der Waals surface area contributed by atoms with Crippen molar-refractivity contribution in [2.24, 2.45) is 5.92 Å². The Labute approximate surface area is 125 Å². The Bertz CT molecular complexity index is 508. The molecule has 1 aromatic carbocycles. The van der Waals surface area contributed by atoms with E-state index in [0.29, 0.717) is 11.8 Å². The predicted octanol–water partition coefficient (Wildman–Crippen LogP) is 4.07. The number of hydrogen-bond donors (Lipinski definition) is 0. The van der Waals surface area contributed by atoms with Gasteiger partial charge in [0.15, 0.2) is 0 Å². The smallest absolute Gasteiger partial charge is 0.226 e. The summed E-state index contributed by atoms with van der Waals surface area (Å²) in [4.78, 5) is 14.9. The van der Waals surface area contributed by atoms with Crippen molar-refractivity contribution < 1.29 is 4.79 Å². The molecule has 0 aromatic heterocycles. The summed E-state index contributed by atoms with van der Waals surface area (Å²) in [6, 6.07) is 6.61. The summed E-state index contributed by atoms with van der Waals surface area (Å²) in [7, 11) is 0. The standard InChI is InChI=1S/C17H23NOS/c1-12-7-8-15(13(2)11-12)17-18(9-10-20-17)16(19)14-5-3-4-6-14/h7-8,11,14,17H,3-6,9-10H2,1-2H3. The van der Waals surface area contributed by atoms with Gasteiger partial charge in [-0.3, -0.25) is 4.79 Å². The molecule has 1 saturated heterocycles. The lowest BCUT2D eigenvalue weighted by atomic mass is 10.0. The highest BCUT2D eigenvalue weighted by atomic mass is 32.2. The number of hydrogen-bond acceptors (Lipinski definition) is 2. The largest absolute Gasteiger partial charge is 0.325 e. The maximum atomic E-state index is 12.7. The zero-order valence-corrected chi connectivity index (χ0v) is 13.2. The van der Waals surface area contributed by atoms with Crippen molar-refractivity contribution in [3.05, 3.63) is 34.9 Å². The van der Waals surface area contributed by atoms with Crippen LogP contribution < -0.4 is 0 Å². The van der Waals surface area contributed by atoms with Crippen LogP contribution in [0.15, 0.2) is 18.2 Å². The van der Waals surface area contributed by atoms with Crippen LogP contribution in [0, 0.1) is 19.8 Å². The second-order valence-corrected chi connectivity index (χ2v) is 7.28. The second-order valence-electron chi connectivity index (χ2n) is 6.10. The van der Waals surface area contributed by atoms with Crippen molar-refractivity contribution in [3.8, 4) is 0 Å². The molecule has 1 amide bonds. The third-order valence-corrected chi connectivity index (χ3v) is 5.81. The molecule has 3 rings (SSSR count). The molecule has 1 aromatic rings. The van der Waals surface area contributed by atoms with Gasteiger partial charge in [0.2, 0.25) is 5.91 Å². The first-order valence-electron chi connectivity index (χ1n) is 7.66. The zero-order valence-electron chi connectivity index (χ0n) is 12.4. The number of aryl methyl sites for hydroxylation is 2. The van der Waals surface area contributed by atoms with Crippen LogP contribution in [0.3, 0.4) is 0 Å². The minimum absolute atomic E-state index is 0.240. The summed E-state index contributed by atoms with van der Waals surface area (Å²) in [5.74, 6) is 1.76. The van der Waals surface area contributed by atoms with Gasteiger partial charge >= 0.3 is 0 Å². The summed E-state index contributed by atoms with van der Waals surface area (Å²) < 4.78 is 0. The topological polar surface area (TPSA) is 20.3 Å². The van der Waals surface area contributed by atoms with Gasteiger partial charge in [-0.25, -0.2) is 0 Å². The van der Waals surface area contributed by atoms with Crippen LogP contribution in [0.4, 0.5) is 0 Å². The van der Waals surface area contributed by atoms with Crippen LogP contribution in [0.1, 0.15) is 47.7 Å². The monoisotopic (exact) mass is 289 g/mol. The highest BCUT2D eigenvalue weighted by Crippen LogP contribution is 2.41. The van der Waals surface area contributed by atoms with E-state index in [2.05, 4.69) is 36.9 Å². The first kappa shape index (κ1) is 14.0. The van der Waals surface area contributed by atoms with E-state index in [1.54, 1.807) is 0 Å². The number of amides is 1. The Morgan fingerprint density at radius 3 is 2.70 bits per heavy atom. The van der Waals surface area contributed by atoms with Gasteiger partial charge in [-0.2, -0.15) is 0 Å². The molecule has 0 bridgehead atoms. The average molecular weight is 289 g/mol. The number of thioether (sulfide) groups is 1. The Morgan fingerprint density at radius 2 is 2.00 bits per heavy atom. The summed E-state index contributed by atoms with van der Waals surface area (Å²) in [6.45, 7) is 5.21. The molecule has 1 atom stereocenters. The van der Waals surface area contributed by atoms with E-state index in [9.17, 15) is 4.79 Å². The zero-order chi connectivity index (χ0) is 14.1. The molecule has 1 heterocycles. The van der Waals surface area contributed by atoms with E-state index in [1.807, 2.05) is 11.8 Å². The van der Waals surface area contributed by atoms with Crippen molar-refractivity contribution in [3.63, 3.8) is 0 Å². The molecule has 1 saturated carbocycles. The normalized spacial score (nSPS) is 23.5. The van der Waals surface area contributed by atoms with Gasteiger partial charge in [0.05, 0.1) is 0 Å². The molecule has 1 unspecified atom stereocenters. The van der Waals surface area contributed by atoms with Crippen LogP contribution in [-0.4, -0.2) is 23.1 Å². The summed E-state index contributed by atoms with van der Waals surface area (Å²) in [5.41, 5.74) is 3.93. The Balaban J connectivity index is 1.82. The summed E-state index contributed by atoms with van der Waals surface area (Å²) in [6.07, 6.45) is 4.65. The first-order valence-corrected chi connectivity index (χ1v) is 8.71. The third-order valence-electron chi connectivity index (χ3n) is 4.57. The van der Waals surface area contributed by atoms with Crippen LogP contribution in [-0.2, 0) is 4.79 Å². The molecule has 2 fully saturated rings. The molecule has 20 heavy (non-hydrogen) atoms. The first-order chi connectivity index (χ1) is 9.66. The number of benzene rings is 1. The van der Waals surface area contributed by atoms with E-state index in [1.165, 1.54) is 29.5 Å². The van der Waals surface area contributed by atoms with E-state index < -0.39 is 0 Å². The lowest BCUT2D eigenvalue weighted by Gasteiger charge is -2.28. The van der Waals surface area contributed by atoms with Gasteiger partial charge in [-0.1, -0.05) is 36.6 Å². The molecule has 1 aliphatic carbocycles. The van der Waals surface area contributed by atoms with Crippen molar-refractivity contribution in [2.45, 2.75) is 44.9 Å². The molecule has 0 spiro atoms. The predicted molar refractivity (Wildman–Crippen MR) is 84.8 cm³/mol. The molecule has 2 aliphatic rings. The fourth-order valence-corrected chi connectivity index (χ4v) is 4.82. The molecule has 2 nitrogen and oxygen atoms in total. The lowest BCUT2D eigenvalue weighted by Crippen LogP contribution is -2.34. The van der Waals surface area contributed by atoms with Gasteiger partial charge in [0.25, 0.3) is 0 Å². The number of carbonyl (C=O) groups is 1. The van der Waals surface area contributed by atoms with E-state index >= 15 is 0 Å². The summed E-state index contributed by atoms with van der Waals surface area (Å²) >= 11 is 1.92. The molecule has 3 heteroatoms. The van der Waals surface area contributed by atoms with Crippen molar-refractivity contribution in [1.29, 1.82) is 0 Å². The minimum atomic E-state index is 0.240. The van der Waals surface area contributed by atoms with Crippen molar-refractivity contribution >= 4 is 17.7 Å². The molecule has 0 radical (unpaired) electrons. The summed E-state index contributed by atoms with van der Waals surface area (Å²) in [5, 5.41) is 0.240. The second kappa shape index (κ2) is 5.80. The fraction of sp³-hybridized carbons (Fsp3) is 0.588. The highest BCUT2D eigenvalue weighted by molar-refractivity contribution is 7.99. The minimum Gasteiger partial charge on any atom is -0.325 e. The fourth-order valence-electron chi connectivity index (χ4n) is 3.46. The Hall–Kier alpha value is -0.960. The Morgan fingerprint density at radius 1 is 1.25 bits per heavy atom. The number of carbonyl (C=O) groups excluding carboxylic acids is 1. The molecule has 0 N–H and O–H groups in total. The van der Waals surface area contributed by atoms with Crippen LogP contribution in [0.5, 0.6) is 0 Å². The molecule has 108 valence electrons. The van der Waals surface area contributed by atoms with E-state index in [0.717, 1.165) is 25.1 Å². The van der Waals surface area contributed by atoms with Gasteiger partial charge in [-0.15, -0.1) is 11.8 Å². The van der Waals surface area contributed by atoms with E-state index in [4.69, 9.17) is 0 Å². The number of nitrogens with zero attached hydrogens (tertiary/aromatic N) is 1. The number of rotatable bonds is 2. The van der Waals surface area contributed by atoms with Crippen LogP contribution in [0.25, 0.3) is 0 Å². The third kappa shape index (κ3) is 2.60. The SMILES string of the molecule is Cc1ccc(C2SCCN2C(=O)C2CCCC2)c(C)c1. The maximum Gasteiger partial charge on any atom is 0.226 e. The van der Waals surface area contributed by atoms with Crippen molar-refractivity contribution in [1.82, 2.24) is 4.90 Å². The molecule has 1 aliphatic heterocycles. The van der Waals surface area contributed by atoms with Gasteiger partial charge in [0, 0.05) is 18.2 Å². The molecular formula is C17H23NOS. The van der Waals surface area contributed by atoms with Crippen molar-refractivity contribution in [2.75, 3.05) is 12.3 Å². The lowest BCUT2D eigenvalue weighted by molar-refractivity contribution is -0.135. The van der Waals surface area contributed by atoms with Gasteiger partial charge in [0.1, 0.15) is 5.37 Å². The maximum absolute atomic E-state index is 12.7. The van der Waals surface area contributed by atoms with E-state index in [-0.39, 0.29) is 5.37 Å². The molecular weight excluding hydrogens is 266 g/mol. The Kier molecular flexibility index (Phi) is 4.06. The average Bonchev–Trinajstić information content (AvgIpc) is 3.09. The quantitative estimate of drug-likeness (QED) is 0.818.